The Bertz CT molecular complexity index is 825. The summed E-state index contributed by atoms with van der Waals surface area (Å²) in [5.41, 5.74) is 0. The van der Waals surface area contributed by atoms with Crippen LogP contribution in [0, 0.1) is 0 Å². The van der Waals surface area contributed by atoms with Crippen LogP contribution in [0.5, 0.6) is 0 Å². The van der Waals surface area contributed by atoms with E-state index in [2.05, 4.69) is 10.3 Å². The minimum atomic E-state index is -3.70. The zero-order valence-electron chi connectivity index (χ0n) is 12.7. The fourth-order valence-electron chi connectivity index (χ4n) is 2.68. The van der Waals surface area contributed by atoms with E-state index in [1.807, 2.05) is 0 Å². The van der Waals surface area contributed by atoms with Gasteiger partial charge in [0.2, 0.25) is 15.9 Å². The summed E-state index contributed by atoms with van der Waals surface area (Å²) in [6, 6.07) is 10.6. The second-order valence-electron chi connectivity index (χ2n) is 5.44. The van der Waals surface area contributed by atoms with Crippen molar-refractivity contribution in [3.05, 3.63) is 53.7 Å². The van der Waals surface area contributed by atoms with Crippen molar-refractivity contribution in [2.75, 3.05) is 11.9 Å². The number of halogens is 1. The van der Waals surface area contributed by atoms with E-state index in [0.29, 0.717) is 30.2 Å². The lowest BCUT2D eigenvalue weighted by atomic mass is 10.2. The maximum atomic E-state index is 12.8. The predicted molar refractivity (Wildman–Crippen MR) is 91.2 cm³/mol. The van der Waals surface area contributed by atoms with Crippen LogP contribution in [0.2, 0.25) is 5.02 Å². The van der Waals surface area contributed by atoms with Gasteiger partial charge in [-0.15, -0.1) is 0 Å². The number of sulfonamides is 1. The van der Waals surface area contributed by atoms with Gasteiger partial charge in [-0.05, 0) is 37.1 Å². The highest BCUT2D eigenvalue weighted by Gasteiger charge is 2.39. The molecule has 1 fully saturated rings. The Morgan fingerprint density at radius 1 is 1.21 bits per heavy atom. The van der Waals surface area contributed by atoms with E-state index in [1.165, 1.54) is 22.6 Å². The normalized spacial score (nSPS) is 18.5. The van der Waals surface area contributed by atoms with Gasteiger partial charge in [-0.1, -0.05) is 29.8 Å². The van der Waals surface area contributed by atoms with E-state index in [9.17, 15) is 13.2 Å². The van der Waals surface area contributed by atoms with E-state index in [0.717, 1.165) is 0 Å². The van der Waals surface area contributed by atoms with E-state index < -0.39 is 16.1 Å². The molecule has 1 atom stereocenters. The van der Waals surface area contributed by atoms with Crippen LogP contribution in [0.25, 0.3) is 0 Å². The van der Waals surface area contributed by atoms with Gasteiger partial charge in [0.05, 0.1) is 9.92 Å². The number of nitrogens with zero attached hydrogens (tertiary/aromatic N) is 2. The zero-order valence-corrected chi connectivity index (χ0v) is 14.3. The molecule has 0 unspecified atom stereocenters. The zero-order chi connectivity index (χ0) is 17.2. The summed E-state index contributed by atoms with van der Waals surface area (Å²) in [6.45, 7) is 0.323. The molecule has 0 saturated carbocycles. The van der Waals surface area contributed by atoms with Crippen molar-refractivity contribution in [3.63, 3.8) is 0 Å². The number of nitrogens with one attached hydrogen (secondary N) is 1. The average Bonchev–Trinajstić information content (AvgIpc) is 3.08. The summed E-state index contributed by atoms with van der Waals surface area (Å²) in [6.07, 6.45) is 2.54. The molecule has 0 aliphatic carbocycles. The monoisotopic (exact) mass is 365 g/mol. The molecular weight excluding hydrogens is 350 g/mol. The number of anilines is 1. The lowest BCUT2D eigenvalue weighted by molar-refractivity contribution is -0.119. The molecule has 24 heavy (non-hydrogen) atoms. The Morgan fingerprint density at radius 3 is 2.62 bits per heavy atom. The van der Waals surface area contributed by atoms with E-state index in [4.69, 9.17) is 11.6 Å². The molecule has 3 rings (SSSR count). The van der Waals surface area contributed by atoms with Crippen LogP contribution in [-0.4, -0.2) is 36.2 Å². The number of amides is 1. The second-order valence-corrected chi connectivity index (χ2v) is 7.76. The van der Waals surface area contributed by atoms with Crippen molar-refractivity contribution >= 4 is 33.3 Å². The molecule has 1 amide bonds. The molecule has 1 aromatic heterocycles. The van der Waals surface area contributed by atoms with E-state index >= 15 is 0 Å². The molecule has 1 N–H and O–H groups in total. The number of hydrogen-bond donors (Lipinski definition) is 1. The van der Waals surface area contributed by atoms with Crippen molar-refractivity contribution in [3.8, 4) is 0 Å². The Morgan fingerprint density at radius 2 is 1.96 bits per heavy atom. The quantitative estimate of drug-likeness (QED) is 0.902. The third kappa shape index (κ3) is 3.43. The van der Waals surface area contributed by atoms with Crippen LogP contribution in [0.15, 0.2) is 53.6 Å². The average molecular weight is 366 g/mol. The Kier molecular flexibility index (Phi) is 4.84. The highest BCUT2D eigenvalue weighted by atomic mass is 35.5. The minimum absolute atomic E-state index is 0.189. The van der Waals surface area contributed by atoms with Gasteiger partial charge in [0, 0.05) is 12.7 Å². The van der Waals surface area contributed by atoms with Crippen LogP contribution in [0.3, 0.4) is 0 Å². The van der Waals surface area contributed by atoms with Crippen molar-refractivity contribution in [1.82, 2.24) is 9.29 Å². The lowest BCUT2D eigenvalue weighted by Crippen LogP contribution is -2.43. The third-order valence-electron chi connectivity index (χ3n) is 3.83. The van der Waals surface area contributed by atoms with Gasteiger partial charge in [-0.2, -0.15) is 4.31 Å². The Balaban J connectivity index is 1.80. The SMILES string of the molecule is O=C(Nc1ccc(Cl)cn1)[C@H]1CCCN1S(=O)(=O)c1ccccc1. The second kappa shape index (κ2) is 6.88. The first-order valence-electron chi connectivity index (χ1n) is 7.48. The first kappa shape index (κ1) is 16.9. The molecule has 0 spiro atoms. The molecule has 2 aromatic rings. The van der Waals surface area contributed by atoms with Crippen LogP contribution in [0.4, 0.5) is 5.82 Å². The fourth-order valence-corrected chi connectivity index (χ4v) is 4.47. The molecular formula is C16H16ClN3O3S. The van der Waals surface area contributed by atoms with Crippen LogP contribution >= 0.6 is 11.6 Å². The largest absolute Gasteiger partial charge is 0.309 e. The molecule has 8 heteroatoms. The molecule has 6 nitrogen and oxygen atoms in total. The minimum Gasteiger partial charge on any atom is -0.309 e. The number of hydrogen-bond acceptors (Lipinski definition) is 4. The molecule has 1 aliphatic rings. The smallest absolute Gasteiger partial charge is 0.243 e. The summed E-state index contributed by atoms with van der Waals surface area (Å²) < 4.78 is 26.8. The Labute approximate surface area is 145 Å². The van der Waals surface area contributed by atoms with Gasteiger partial charge in [0.25, 0.3) is 0 Å². The molecule has 1 aromatic carbocycles. The predicted octanol–water partition coefficient (Wildman–Crippen LogP) is 2.53. The van der Waals surface area contributed by atoms with Crippen LogP contribution < -0.4 is 5.32 Å². The molecule has 126 valence electrons. The van der Waals surface area contributed by atoms with Crippen LogP contribution in [-0.2, 0) is 14.8 Å². The fraction of sp³-hybridized carbons (Fsp3) is 0.250. The molecule has 1 aliphatic heterocycles. The van der Waals surface area contributed by atoms with Gasteiger partial charge in [-0.25, -0.2) is 13.4 Å². The standard InChI is InChI=1S/C16H16ClN3O3S/c17-12-8-9-15(18-11-12)19-16(21)14-7-4-10-20(14)24(22,23)13-5-2-1-3-6-13/h1-3,5-6,8-9,11,14H,4,7,10H2,(H,18,19,21)/t14-/m1/s1. The maximum Gasteiger partial charge on any atom is 0.243 e. The third-order valence-corrected chi connectivity index (χ3v) is 5.98. The van der Waals surface area contributed by atoms with E-state index in [-0.39, 0.29) is 10.8 Å². The topological polar surface area (TPSA) is 79.4 Å². The summed E-state index contributed by atoms with van der Waals surface area (Å²) in [4.78, 5) is 16.7. The number of pyridine rings is 1. The summed E-state index contributed by atoms with van der Waals surface area (Å²) in [5.74, 6) is -0.0461. The summed E-state index contributed by atoms with van der Waals surface area (Å²) in [5, 5.41) is 3.11. The molecule has 0 radical (unpaired) electrons. The highest BCUT2D eigenvalue weighted by molar-refractivity contribution is 7.89. The molecule has 0 bridgehead atoms. The number of benzene rings is 1. The summed E-state index contributed by atoms with van der Waals surface area (Å²) >= 11 is 5.76. The van der Waals surface area contributed by atoms with Crippen molar-refractivity contribution in [2.24, 2.45) is 0 Å². The van der Waals surface area contributed by atoms with Gasteiger partial charge >= 0.3 is 0 Å². The van der Waals surface area contributed by atoms with Gasteiger partial charge in [0.15, 0.2) is 0 Å². The maximum absolute atomic E-state index is 12.8. The van der Waals surface area contributed by atoms with Crippen molar-refractivity contribution < 1.29 is 13.2 Å². The lowest BCUT2D eigenvalue weighted by Gasteiger charge is -2.23. The van der Waals surface area contributed by atoms with Crippen LogP contribution in [0.1, 0.15) is 12.8 Å². The first-order chi connectivity index (χ1) is 11.5. The first-order valence-corrected chi connectivity index (χ1v) is 9.29. The highest BCUT2D eigenvalue weighted by Crippen LogP contribution is 2.26. The molecule has 2 heterocycles. The molecule has 1 saturated heterocycles. The number of carbonyl (C=O) groups excluding carboxylic acids is 1. The Hall–Kier alpha value is -1.96. The van der Waals surface area contributed by atoms with Crippen molar-refractivity contribution in [2.45, 2.75) is 23.8 Å². The van der Waals surface area contributed by atoms with Gasteiger partial charge < -0.3 is 5.32 Å². The van der Waals surface area contributed by atoms with E-state index in [1.54, 1.807) is 30.3 Å². The number of rotatable bonds is 4. The number of aromatic nitrogens is 1. The van der Waals surface area contributed by atoms with Gasteiger partial charge in [-0.3, -0.25) is 4.79 Å². The van der Waals surface area contributed by atoms with Gasteiger partial charge in [0.1, 0.15) is 11.9 Å². The van der Waals surface area contributed by atoms with Crippen molar-refractivity contribution in [1.29, 1.82) is 0 Å². The number of carbonyl (C=O) groups is 1. The summed E-state index contributed by atoms with van der Waals surface area (Å²) in [7, 11) is -3.70.